The first kappa shape index (κ1) is 12.8. The molecule has 16 heavy (non-hydrogen) atoms. The third-order valence-electron chi connectivity index (χ3n) is 2.10. The SMILES string of the molecule is CC#CCCNS(=O)(=O)c1ccccc1C. The number of aryl methyl sites for hydroxylation is 1. The van der Waals surface area contributed by atoms with Crippen molar-refractivity contribution >= 4 is 10.0 Å². The summed E-state index contributed by atoms with van der Waals surface area (Å²) in [4.78, 5) is 0.333. The fourth-order valence-corrected chi connectivity index (χ4v) is 2.58. The van der Waals surface area contributed by atoms with Gasteiger partial charge in [0.1, 0.15) is 0 Å². The van der Waals surface area contributed by atoms with Crippen LogP contribution in [0.2, 0.25) is 0 Å². The van der Waals surface area contributed by atoms with Crippen LogP contribution < -0.4 is 4.72 Å². The summed E-state index contributed by atoms with van der Waals surface area (Å²) >= 11 is 0. The summed E-state index contributed by atoms with van der Waals surface area (Å²) in [7, 11) is -3.39. The molecule has 0 amide bonds. The van der Waals surface area contributed by atoms with Gasteiger partial charge in [-0.2, -0.15) is 0 Å². The normalized spacial score (nSPS) is 10.6. The number of benzene rings is 1. The van der Waals surface area contributed by atoms with Crippen LogP contribution in [0.3, 0.4) is 0 Å². The fraction of sp³-hybridized carbons (Fsp3) is 0.333. The molecule has 0 spiro atoms. The summed E-state index contributed by atoms with van der Waals surface area (Å²) < 4.78 is 26.2. The predicted molar refractivity (Wildman–Crippen MR) is 64.4 cm³/mol. The Morgan fingerprint density at radius 3 is 2.62 bits per heavy atom. The minimum atomic E-state index is -3.39. The summed E-state index contributed by atoms with van der Waals surface area (Å²) in [6, 6.07) is 6.91. The van der Waals surface area contributed by atoms with E-state index in [0.29, 0.717) is 17.9 Å². The largest absolute Gasteiger partial charge is 0.240 e. The summed E-state index contributed by atoms with van der Waals surface area (Å²) in [6.07, 6.45) is 0.529. The van der Waals surface area contributed by atoms with Gasteiger partial charge >= 0.3 is 0 Å². The predicted octanol–water partition coefficient (Wildman–Crippen LogP) is 1.69. The van der Waals surface area contributed by atoms with Crippen molar-refractivity contribution in [3.63, 3.8) is 0 Å². The zero-order chi connectivity index (χ0) is 12.0. The third kappa shape index (κ3) is 3.37. The summed E-state index contributed by atoms with van der Waals surface area (Å²) in [5.74, 6) is 5.53. The zero-order valence-corrected chi connectivity index (χ0v) is 10.3. The molecule has 4 heteroatoms. The number of sulfonamides is 1. The van der Waals surface area contributed by atoms with Crippen molar-refractivity contribution in [3.05, 3.63) is 29.8 Å². The quantitative estimate of drug-likeness (QED) is 0.640. The van der Waals surface area contributed by atoms with E-state index in [0.717, 1.165) is 5.56 Å². The van der Waals surface area contributed by atoms with Gasteiger partial charge in [-0.25, -0.2) is 13.1 Å². The van der Waals surface area contributed by atoms with Crippen molar-refractivity contribution in [2.45, 2.75) is 25.2 Å². The van der Waals surface area contributed by atoms with E-state index in [1.54, 1.807) is 32.0 Å². The van der Waals surface area contributed by atoms with Crippen molar-refractivity contribution in [1.82, 2.24) is 4.72 Å². The lowest BCUT2D eigenvalue weighted by Gasteiger charge is -2.07. The van der Waals surface area contributed by atoms with Gasteiger partial charge in [-0.1, -0.05) is 18.2 Å². The van der Waals surface area contributed by atoms with Crippen molar-refractivity contribution in [3.8, 4) is 11.8 Å². The van der Waals surface area contributed by atoms with Crippen molar-refractivity contribution in [2.75, 3.05) is 6.54 Å². The molecule has 0 aliphatic rings. The molecule has 0 aromatic heterocycles. The summed E-state index contributed by atoms with van der Waals surface area (Å²) in [6.45, 7) is 3.85. The van der Waals surface area contributed by atoms with Crippen molar-refractivity contribution in [1.29, 1.82) is 0 Å². The van der Waals surface area contributed by atoms with Crippen molar-refractivity contribution in [2.24, 2.45) is 0 Å². The van der Waals surface area contributed by atoms with E-state index in [9.17, 15) is 8.42 Å². The molecular formula is C12H15NO2S. The molecule has 0 heterocycles. The van der Waals surface area contributed by atoms with E-state index in [4.69, 9.17) is 0 Å². The van der Waals surface area contributed by atoms with Crippen LogP contribution in [0.15, 0.2) is 29.2 Å². The smallest absolute Gasteiger partial charge is 0.210 e. The maximum Gasteiger partial charge on any atom is 0.240 e. The molecule has 1 N–H and O–H groups in total. The minimum Gasteiger partial charge on any atom is -0.210 e. The Hall–Kier alpha value is -1.31. The topological polar surface area (TPSA) is 46.2 Å². The van der Waals surface area contributed by atoms with Crippen LogP contribution in [0.4, 0.5) is 0 Å². The number of hydrogen-bond acceptors (Lipinski definition) is 2. The molecule has 0 saturated heterocycles. The molecule has 0 radical (unpaired) electrons. The standard InChI is InChI=1S/C12H15NO2S/c1-3-4-7-10-13-16(14,15)12-9-6-5-8-11(12)2/h5-6,8-9,13H,7,10H2,1-2H3. The van der Waals surface area contributed by atoms with E-state index in [2.05, 4.69) is 16.6 Å². The maximum absolute atomic E-state index is 11.9. The Morgan fingerprint density at radius 1 is 1.31 bits per heavy atom. The van der Waals surface area contributed by atoms with Crippen LogP contribution in [-0.2, 0) is 10.0 Å². The lowest BCUT2D eigenvalue weighted by molar-refractivity contribution is 0.582. The third-order valence-corrected chi connectivity index (χ3v) is 3.72. The highest BCUT2D eigenvalue weighted by atomic mass is 32.2. The van der Waals surface area contributed by atoms with Crippen LogP contribution in [0, 0.1) is 18.8 Å². The van der Waals surface area contributed by atoms with Gasteiger partial charge < -0.3 is 0 Å². The average Bonchev–Trinajstić information content (AvgIpc) is 2.25. The molecule has 1 aromatic rings. The van der Waals surface area contributed by atoms with Gasteiger partial charge in [0.25, 0.3) is 0 Å². The second-order valence-electron chi connectivity index (χ2n) is 3.34. The Kier molecular flexibility index (Phi) is 4.53. The molecule has 0 unspecified atom stereocenters. The summed E-state index contributed by atoms with van der Waals surface area (Å²) in [5.41, 5.74) is 0.747. The molecule has 86 valence electrons. The van der Waals surface area contributed by atoms with Crippen LogP contribution in [-0.4, -0.2) is 15.0 Å². The number of rotatable bonds is 4. The second-order valence-corrected chi connectivity index (χ2v) is 5.08. The minimum absolute atomic E-state index is 0.333. The number of nitrogens with one attached hydrogen (secondary N) is 1. The van der Waals surface area contributed by atoms with Crippen molar-refractivity contribution < 1.29 is 8.42 Å². The lowest BCUT2D eigenvalue weighted by atomic mass is 10.2. The maximum atomic E-state index is 11.9. The molecule has 3 nitrogen and oxygen atoms in total. The van der Waals surface area contributed by atoms with Gasteiger partial charge in [-0.05, 0) is 25.5 Å². The van der Waals surface area contributed by atoms with E-state index in [-0.39, 0.29) is 0 Å². The van der Waals surface area contributed by atoms with E-state index < -0.39 is 10.0 Å². The molecule has 0 bridgehead atoms. The Bertz CT molecular complexity index is 509. The van der Waals surface area contributed by atoms with Crippen LogP contribution in [0.1, 0.15) is 18.9 Å². The first-order valence-corrected chi connectivity index (χ1v) is 6.51. The molecule has 1 rings (SSSR count). The summed E-state index contributed by atoms with van der Waals surface area (Å²) in [5, 5.41) is 0. The van der Waals surface area contributed by atoms with Crippen LogP contribution in [0.5, 0.6) is 0 Å². The Balaban J connectivity index is 2.78. The molecule has 0 saturated carbocycles. The molecular weight excluding hydrogens is 222 g/mol. The zero-order valence-electron chi connectivity index (χ0n) is 9.45. The average molecular weight is 237 g/mol. The van der Waals surface area contributed by atoms with Gasteiger partial charge in [0.2, 0.25) is 10.0 Å². The van der Waals surface area contributed by atoms with Gasteiger partial charge in [0.05, 0.1) is 4.90 Å². The first-order valence-electron chi connectivity index (χ1n) is 5.03. The first-order chi connectivity index (χ1) is 7.58. The fourth-order valence-electron chi connectivity index (χ4n) is 1.31. The molecule has 0 atom stereocenters. The van der Waals surface area contributed by atoms with Crippen LogP contribution >= 0.6 is 0 Å². The Labute approximate surface area is 96.9 Å². The molecule has 0 fully saturated rings. The molecule has 0 aliphatic carbocycles. The van der Waals surface area contributed by atoms with Gasteiger partial charge in [-0.3, -0.25) is 0 Å². The highest BCUT2D eigenvalue weighted by Crippen LogP contribution is 2.13. The van der Waals surface area contributed by atoms with Gasteiger partial charge in [0, 0.05) is 13.0 Å². The van der Waals surface area contributed by atoms with E-state index in [1.165, 1.54) is 0 Å². The van der Waals surface area contributed by atoms with E-state index >= 15 is 0 Å². The molecule has 1 aromatic carbocycles. The van der Waals surface area contributed by atoms with Crippen LogP contribution in [0.25, 0.3) is 0 Å². The highest BCUT2D eigenvalue weighted by Gasteiger charge is 2.14. The number of hydrogen-bond donors (Lipinski definition) is 1. The van der Waals surface area contributed by atoms with Gasteiger partial charge in [0.15, 0.2) is 0 Å². The highest BCUT2D eigenvalue weighted by molar-refractivity contribution is 7.89. The second kappa shape index (κ2) is 5.69. The van der Waals surface area contributed by atoms with E-state index in [1.807, 2.05) is 6.07 Å². The lowest BCUT2D eigenvalue weighted by Crippen LogP contribution is -2.25. The van der Waals surface area contributed by atoms with Gasteiger partial charge in [-0.15, -0.1) is 11.8 Å². The monoisotopic (exact) mass is 237 g/mol. The Morgan fingerprint density at radius 2 is 2.00 bits per heavy atom. The molecule has 0 aliphatic heterocycles.